The van der Waals surface area contributed by atoms with E-state index < -0.39 is 12.1 Å². The van der Waals surface area contributed by atoms with Gasteiger partial charge in [-0.25, -0.2) is 9.50 Å². The van der Waals surface area contributed by atoms with Crippen molar-refractivity contribution >= 4 is 17.7 Å². The van der Waals surface area contributed by atoms with E-state index in [1.54, 1.807) is 11.6 Å². The van der Waals surface area contributed by atoms with Crippen molar-refractivity contribution in [2.75, 3.05) is 13.7 Å². The van der Waals surface area contributed by atoms with Crippen molar-refractivity contribution in [2.45, 2.75) is 39.7 Å². The molecule has 1 amide bonds. The number of nitrogens with one attached hydrogen (secondary N) is 1. The third-order valence-corrected chi connectivity index (χ3v) is 4.51. The third kappa shape index (κ3) is 5.31. The van der Waals surface area contributed by atoms with Crippen molar-refractivity contribution < 1.29 is 19.1 Å². The van der Waals surface area contributed by atoms with Gasteiger partial charge in [-0.15, -0.1) is 5.10 Å². The Bertz CT molecular complexity index is 1050. The molecule has 0 fully saturated rings. The standard InChI is InChI=1S/C21H25N5O4/c1-13-11-14(2)26-21(23-13)24-18(25-26)12-19(27)30-15(3)20(28)22-10-9-16-5-7-17(29-4)8-6-16/h5-8,11,15H,9-10,12H2,1-4H3,(H,22,28). The van der Waals surface area contributed by atoms with Crippen LogP contribution in [-0.4, -0.2) is 51.2 Å². The summed E-state index contributed by atoms with van der Waals surface area (Å²) in [7, 11) is 1.61. The minimum Gasteiger partial charge on any atom is -0.497 e. The van der Waals surface area contributed by atoms with E-state index in [9.17, 15) is 9.59 Å². The molecule has 0 spiro atoms. The number of hydrogen-bond donors (Lipinski definition) is 1. The lowest BCUT2D eigenvalue weighted by molar-refractivity contribution is -0.154. The second kappa shape index (κ2) is 9.34. The molecule has 0 saturated carbocycles. The van der Waals surface area contributed by atoms with Crippen molar-refractivity contribution in [1.29, 1.82) is 0 Å². The smallest absolute Gasteiger partial charge is 0.314 e. The molecule has 3 rings (SSSR count). The van der Waals surface area contributed by atoms with E-state index in [1.165, 1.54) is 6.92 Å². The van der Waals surface area contributed by atoms with Crippen LogP contribution in [0.25, 0.3) is 5.78 Å². The van der Waals surface area contributed by atoms with Crippen LogP contribution in [0.5, 0.6) is 5.75 Å². The molecule has 30 heavy (non-hydrogen) atoms. The number of aryl methyl sites for hydroxylation is 2. The Kier molecular flexibility index (Phi) is 6.61. The monoisotopic (exact) mass is 411 g/mol. The number of amides is 1. The number of esters is 1. The molecule has 1 N–H and O–H groups in total. The zero-order valence-electron chi connectivity index (χ0n) is 17.5. The lowest BCUT2D eigenvalue weighted by Crippen LogP contribution is -2.37. The number of ether oxygens (including phenoxy) is 2. The summed E-state index contributed by atoms with van der Waals surface area (Å²) >= 11 is 0. The van der Waals surface area contributed by atoms with Gasteiger partial charge >= 0.3 is 5.97 Å². The molecule has 1 atom stereocenters. The van der Waals surface area contributed by atoms with Gasteiger partial charge in [0.25, 0.3) is 11.7 Å². The van der Waals surface area contributed by atoms with Gasteiger partial charge in [0.15, 0.2) is 11.9 Å². The molecule has 9 nitrogen and oxygen atoms in total. The fourth-order valence-electron chi connectivity index (χ4n) is 2.97. The molecule has 1 unspecified atom stereocenters. The van der Waals surface area contributed by atoms with Crippen LogP contribution in [-0.2, 0) is 27.2 Å². The van der Waals surface area contributed by atoms with Crippen LogP contribution in [0.2, 0.25) is 0 Å². The van der Waals surface area contributed by atoms with E-state index in [1.807, 2.05) is 44.2 Å². The summed E-state index contributed by atoms with van der Waals surface area (Å²) in [6, 6.07) is 9.49. The fraction of sp³-hybridized carbons (Fsp3) is 0.381. The maximum atomic E-state index is 12.2. The Morgan fingerprint density at radius 1 is 1.17 bits per heavy atom. The van der Waals surface area contributed by atoms with E-state index in [0.717, 1.165) is 22.7 Å². The minimum absolute atomic E-state index is 0.134. The van der Waals surface area contributed by atoms with E-state index in [4.69, 9.17) is 9.47 Å². The van der Waals surface area contributed by atoms with Gasteiger partial charge in [-0.3, -0.25) is 9.59 Å². The average Bonchev–Trinajstić information content (AvgIpc) is 3.10. The summed E-state index contributed by atoms with van der Waals surface area (Å²) in [6.07, 6.45) is -0.383. The van der Waals surface area contributed by atoms with Crippen LogP contribution >= 0.6 is 0 Å². The Labute approximate surface area is 174 Å². The first-order valence-corrected chi connectivity index (χ1v) is 9.65. The number of methoxy groups -OCH3 is 1. The lowest BCUT2D eigenvalue weighted by atomic mass is 10.1. The van der Waals surface area contributed by atoms with Crippen molar-refractivity contribution in [3.05, 3.63) is 53.1 Å². The molecular weight excluding hydrogens is 386 g/mol. The van der Waals surface area contributed by atoms with Crippen LogP contribution in [0.4, 0.5) is 0 Å². The second-order valence-corrected chi connectivity index (χ2v) is 6.98. The number of hydrogen-bond acceptors (Lipinski definition) is 7. The molecule has 0 aliphatic carbocycles. The van der Waals surface area contributed by atoms with E-state index in [-0.39, 0.29) is 12.3 Å². The summed E-state index contributed by atoms with van der Waals surface area (Å²) in [4.78, 5) is 32.9. The van der Waals surface area contributed by atoms with Crippen LogP contribution in [0.3, 0.4) is 0 Å². The number of rotatable bonds is 8. The summed E-state index contributed by atoms with van der Waals surface area (Å²) in [5.41, 5.74) is 2.76. The summed E-state index contributed by atoms with van der Waals surface area (Å²) < 4.78 is 11.9. The molecule has 2 heterocycles. The van der Waals surface area contributed by atoms with Gasteiger partial charge in [-0.1, -0.05) is 12.1 Å². The van der Waals surface area contributed by atoms with Gasteiger partial charge in [0.05, 0.1) is 7.11 Å². The first-order valence-electron chi connectivity index (χ1n) is 9.65. The van der Waals surface area contributed by atoms with E-state index in [0.29, 0.717) is 24.6 Å². The Balaban J connectivity index is 1.47. The number of carbonyl (C=O) groups excluding carboxylic acids is 2. The van der Waals surface area contributed by atoms with Gasteiger partial charge in [0, 0.05) is 17.9 Å². The molecule has 0 aliphatic heterocycles. The summed E-state index contributed by atoms with van der Waals surface area (Å²) in [5, 5.41) is 7.04. The molecule has 0 saturated heterocycles. The fourth-order valence-corrected chi connectivity index (χ4v) is 2.97. The van der Waals surface area contributed by atoms with Crippen LogP contribution in [0.15, 0.2) is 30.3 Å². The van der Waals surface area contributed by atoms with Crippen molar-refractivity contribution in [2.24, 2.45) is 0 Å². The maximum Gasteiger partial charge on any atom is 0.314 e. The quantitative estimate of drug-likeness (QED) is 0.561. The zero-order chi connectivity index (χ0) is 21.7. The second-order valence-electron chi connectivity index (χ2n) is 6.98. The van der Waals surface area contributed by atoms with E-state index in [2.05, 4.69) is 20.4 Å². The molecular formula is C21H25N5O4. The number of fused-ring (bicyclic) bond motifs is 1. The largest absolute Gasteiger partial charge is 0.497 e. The van der Waals surface area contributed by atoms with Gasteiger partial charge in [-0.05, 0) is 51.0 Å². The topological polar surface area (TPSA) is 108 Å². The number of nitrogens with zero attached hydrogens (tertiary/aromatic N) is 4. The molecule has 0 radical (unpaired) electrons. The van der Waals surface area contributed by atoms with Crippen molar-refractivity contribution in [3.63, 3.8) is 0 Å². The highest BCUT2D eigenvalue weighted by Crippen LogP contribution is 2.11. The Morgan fingerprint density at radius 3 is 2.60 bits per heavy atom. The Hall–Kier alpha value is -3.49. The van der Waals surface area contributed by atoms with Gasteiger partial charge in [0.2, 0.25) is 0 Å². The predicted molar refractivity (Wildman–Crippen MR) is 109 cm³/mol. The maximum absolute atomic E-state index is 12.2. The Morgan fingerprint density at radius 2 is 1.90 bits per heavy atom. The summed E-state index contributed by atoms with van der Waals surface area (Å²) in [5.74, 6) is 0.587. The highest BCUT2D eigenvalue weighted by Gasteiger charge is 2.19. The molecule has 0 bridgehead atoms. The van der Waals surface area contributed by atoms with Crippen molar-refractivity contribution in [3.8, 4) is 5.75 Å². The first kappa shape index (κ1) is 21.2. The highest BCUT2D eigenvalue weighted by atomic mass is 16.5. The molecule has 3 aromatic rings. The lowest BCUT2D eigenvalue weighted by Gasteiger charge is -2.13. The minimum atomic E-state index is -0.910. The van der Waals surface area contributed by atoms with Gasteiger partial charge < -0.3 is 14.8 Å². The SMILES string of the molecule is COc1ccc(CCNC(=O)C(C)OC(=O)Cc2nc3nc(C)cc(C)n3n2)cc1. The molecule has 2 aromatic heterocycles. The van der Waals surface area contributed by atoms with Crippen LogP contribution in [0.1, 0.15) is 29.7 Å². The summed E-state index contributed by atoms with van der Waals surface area (Å²) in [6.45, 7) is 5.72. The third-order valence-electron chi connectivity index (χ3n) is 4.51. The highest BCUT2D eigenvalue weighted by molar-refractivity contribution is 5.83. The number of benzene rings is 1. The molecule has 1 aromatic carbocycles. The zero-order valence-corrected chi connectivity index (χ0v) is 17.5. The van der Waals surface area contributed by atoms with Crippen LogP contribution < -0.4 is 10.1 Å². The van der Waals surface area contributed by atoms with Gasteiger partial charge in [-0.2, -0.15) is 4.98 Å². The normalized spacial score (nSPS) is 11.9. The van der Waals surface area contributed by atoms with E-state index >= 15 is 0 Å². The predicted octanol–water partition coefficient (Wildman–Crippen LogP) is 1.58. The number of aromatic nitrogens is 4. The molecule has 9 heteroatoms. The molecule has 0 aliphatic rings. The number of carbonyl (C=O) groups is 2. The molecule has 158 valence electrons. The van der Waals surface area contributed by atoms with Crippen molar-refractivity contribution in [1.82, 2.24) is 24.9 Å². The first-order chi connectivity index (χ1) is 14.4. The average molecular weight is 411 g/mol. The van der Waals surface area contributed by atoms with Crippen LogP contribution in [0, 0.1) is 13.8 Å². The van der Waals surface area contributed by atoms with Gasteiger partial charge in [0.1, 0.15) is 12.2 Å².